The zero-order chi connectivity index (χ0) is 21.0. The fraction of sp³-hybridized carbons (Fsp3) is 0.238. The summed E-state index contributed by atoms with van der Waals surface area (Å²) in [5.74, 6) is 0.940. The first-order chi connectivity index (χ1) is 14.5. The summed E-state index contributed by atoms with van der Waals surface area (Å²) in [5.41, 5.74) is 4.30. The summed E-state index contributed by atoms with van der Waals surface area (Å²) in [7, 11) is 1.55. The number of pyridine rings is 1. The van der Waals surface area contributed by atoms with Crippen molar-refractivity contribution in [3.63, 3.8) is 0 Å². The molecule has 4 heterocycles. The van der Waals surface area contributed by atoms with Crippen molar-refractivity contribution >= 4 is 16.9 Å². The molecule has 9 heteroatoms. The number of carbonyl (C=O) groups excluding carboxylic acids is 1. The minimum Gasteiger partial charge on any atom is -0.488 e. The molecule has 152 valence electrons. The average molecular weight is 405 g/mol. The lowest BCUT2D eigenvalue weighted by Gasteiger charge is -2.27. The lowest BCUT2D eigenvalue weighted by molar-refractivity contribution is 0.0955. The van der Waals surface area contributed by atoms with Gasteiger partial charge in [-0.25, -0.2) is 4.79 Å². The second-order valence-electron chi connectivity index (χ2n) is 7.18. The Morgan fingerprint density at radius 3 is 2.87 bits per heavy atom. The normalized spacial score (nSPS) is 15.2. The molecule has 1 aliphatic rings. The van der Waals surface area contributed by atoms with Crippen LogP contribution >= 0.6 is 0 Å². The van der Waals surface area contributed by atoms with Crippen LogP contribution in [-0.4, -0.2) is 39.3 Å². The quantitative estimate of drug-likeness (QED) is 0.541. The first-order valence-electron chi connectivity index (χ1n) is 9.51. The number of amides is 1. The Labute approximate surface area is 170 Å². The average Bonchev–Trinajstić information content (AvgIpc) is 3.28. The zero-order valence-electron chi connectivity index (χ0n) is 16.6. The number of rotatable bonds is 3. The van der Waals surface area contributed by atoms with E-state index < -0.39 is 6.04 Å². The SMILES string of the molecule is CNC(=O)c1ncccc1C1COc2c(-c3c(C)noc3C)ccc3[nH]c(=O)n1c23. The maximum absolute atomic E-state index is 12.9. The van der Waals surface area contributed by atoms with Crippen LogP contribution in [0.1, 0.15) is 33.5 Å². The molecule has 5 rings (SSSR count). The number of nitrogens with one attached hydrogen (secondary N) is 2. The van der Waals surface area contributed by atoms with Gasteiger partial charge in [-0.1, -0.05) is 11.2 Å². The predicted octanol–water partition coefficient (Wildman–Crippen LogP) is 2.34. The highest BCUT2D eigenvalue weighted by atomic mass is 16.5. The minimum absolute atomic E-state index is 0.177. The van der Waals surface area contributed by atoms with E-state index in [1.54, 1.807) is 29.9 Å². The van der Waals surface area contributed by atoms with Crippen LogP contribution in [0.5, 0.6) is 5.75 Å². The molecule has 0 spiro atoms. The molecule has 0 saturated carbocycles. The van der Waals surface area contributed by atoms with Gasteiger partial charge in [0.05, 0.1) is 16.8 Å². The van der Waals surface area contributed by atoms with Gasteiger partial charge in [0.1, 0.15) is 29.6 Å². The number of benzene rings is 1. The number of carbonyl (C=O) groups is 1. The molecule has 3 aromatic heterocycles. The second-order valence-corrected chi connectivity index (χ2v) is 7.18. The molecule has 30 heavy (non-hydrogen) atoms. The summed E-state index contributed by atoms with van der Waals surface area (Å²) in [6.07, 6.45) is 1.55. The van der Waals surface area contributed by atoms with Crippen LogP contribution < -0.4 is 15.7 Å². The molecule has 0 fully saturated rings. The predicted molar refractivity (Wildman–Crippen MR) is 109 cm³/mol. The Kier molecular flexibility index (Phi) is 3.99. The van der Waals surface area contributed by atoms with Crippen LogP contribution in [-0.2, 0) is 0 Å². The molecular formula is C21H19N5O4. The van der Waals surface area contributed by atoms with E-state index in [1.807, 2.05) is 26.0 Å². The van der Waals surface area contributed by atoms with E-state index in [0.29, 0.717) is 28.1 Å². The standard InChI is InChI=1S/C21H19N5O4/c1-10-16(11(2)30-25-10)13-6-7-14-18-19(13)29-9-15(26(18)21(28)24-14)12-5-4-8-23-17(12)20(27)22-3/h4-8,15H,9H2,1-3H3,(H,22,27)(H,24,28). The monoisotopic (exact) mass is 405 g/mol. The second kappa shape index (κ2) is 6.58. The van der Waals surface area contributed by atoms with E-state index in [0.717, 1.165) is 16.8 Å². The number of nitrogens with zero attached hydrogens (tertiary/aromatic N) is 3. The Balaban J connectivity index is 1.77. The topological polar surface area (TPSA) is 115 Å². The molecule has 0 radical (unpaired) electrons. The van der Waals surface area contributed by atoms with Crippen molar-refractivity contribution in [1.29, 1.82) is 0 Å². The van der Waals surface area contributed by atoms with E-state index in [-0.39, 0.29) is 23.9 Å². The van der Waals surface area contributed by atoms with Crippen LogP contribution in [0.2, 0.25) is 0 Å². The molecule has 4 aromatic rings. The van der Waals surface area contributed by atoms with Crippen molar-refractivity contribution < 1.29 is 14.1 Å². The van der Waals surface area contributed by atoms with Gasteiger partial charge >= 0.3 is 5.69 Å². The van der Waals surface area contributed by atoms with Gasteiger partial charge in [0.25, 0.3) is 5.91 Å². The Morgan fingerprint density at radius 2 is 2.13 bits per heavy atom. The third-order valence-electron chi connectivity index (χ3n) is 5.47. The van der Waals surface area contributed by atoms with Crippen molar-refractivity contribution in [3.05, 3.63) is 63.7 Å². The van der Waals surface area contributed by atoms with Crippen LogP contribution in [0, 0.1) is 13.8 Å². The number of aryl methyl sites for hydroxylation is 2. The van der Waals surface area contributed by atoms with Gasteiger partial charge in [-0.3, -0.25) is 14.3 Å². The van der Waals surface area contributed by atoms with Crippen molar-refractivity contribution in [3.8, 4) is 16.9 Å². The molecule has 1 aromatic carbocycles. The van der Waals surface area contributed by atoms with Gasteiger partial charge < -0.3 is 19.6 Å². The van der Waals surface area contributed by atoms with Gasteiger partial charge in [-0.2, -0.15) is 0 Å². The third kappa shape index (κ3) is 2.48. The van der Waals surface area contributed by atoms with Crippen molar-refractivity contribution in [1.82, 2.24) is 25.0 Å². The number of aromatic nitrogens is 4. The molecule has 1 amide bonds. The fourth-order valence-corrected chi connectivity index (χ4v) is 4.16. The van der Waals surface area contributed by atoms with E-state index in [4.69, 9.17) is 9.26 Å². The Morgan fingerprint density at radius 1 is 1.30 bits per heavy atom. The molecule has 1 atom stereocenters. The fourth-order valence-electron chi connectivity index (χ4n) is 4.16. The van der Waals surface area contributed by atoms with E-state index in [2.05, 4.69) is 20.4 Å². The number of imidazole rings is 1. The minimum atomic E-state index is -0.500. The molecule has 1 unspecified atom stereocenters. The first-order valence-corrected chi connectivity index (χ1v) is 9.51. The van der Waals surface area contributed by atoms with Crippen molar-refractivity contribution in [2.75, 3.05) is 13.7 Å². The van der Waals surface area contributed by atoms with Crippen molar-refractivity contribution in [2.45, 2.75) is 19.9 Å². The van der Waals surface area contributed by atoms with Gasteiger partial charge in [-0.15, -0.1) is 0 Å². The lowest BCUT2D eigenvalue weighted by Crippen LogP contribution is -2.33. The largest absolute Gasteiger partial charge is 0.488 e. The van der Waals surface area contributed by atoms with Gasteiger partial charge in [0, 0.05) is 24.4 Å². The van der Waals surface area contributed by atoms with E-state index in [9.17, 15) is 9.59 Å². The van der Waals surface area contributed by atoms with E-state index in [1.165, 1.54) is 0 Å². The number of ether oxygens (including phenoxy) is 1. The zero-order valence-corrected chi connectivity index (χ0v) is 16.6. The smallest absolute Gasteiger partial charge is 0.327 e. The molecular weight excluding hydrogens is 386 g/mol. The summed E-state index contributed by atoms with van der Waals surface area (Å²) in [4.78, 5) is 32.4. The Bertz CT molecular complexity index is 1340. The molecule has 9 nitrogen and oxygen atoms in total. The van der Waals surface area contributed by atoms with Crippen LogP contribution in [0.4, 0.5) is 0 Å². The number of aromatic amines is 1. The van der Waals surface area contributed by atoms with Crippen LogP contribution in [0.15, 0.2) is 39.8 Å². The summed E-state index contributed by atoms with van der Waals surface area (Å²) < 4.78 is 13.2. The Hall–Kier alpha value is -3.88. The van der Waals surface area contributed by atoms with Gasteiger partial charge in [-0.05, 0) is 32.0 Å². The molecule has 0 bridgehead atoms. The first kappa shape index (κ1) is 18.2. The van der Waals surface area contributed by atoms with Crippen LogP contribution in [0.25, 0.3) is 22.2 Å². The van der Waals surface area contributed by atoms with Gasteiger partial charge in [0.15, 0.2) is 5.75 Å². The highest BCUT2D eigenvalue weighted by molar-refractivity contribution is 5.95. The maximum atomic E-state index is 12.9. The maximum Gasteiger partial charge on any atom is 0.327 e. The summed E-state index contributed by atoms with van der Waals surface area (Å²) >= 11 is 0. The molecule has 1 aliphatic heterocycles. The number of hydrogen-bond donors (Lipinski definition) is 2. The van der Waals surface area contributed by atoms with E-state index >= 15 is 0 Å². The number of H-pyrrole nitrogens is 1. The molecule has 0 saturated heterocycles. The summed E-state index contributed by atoms with van der Waals surface area (Å²) in [6, 6.07) is 6.77. The molecule has 2 N–H and O–H groups in total. The summed E-state index contributed by atoms with van der Waals surface area (Å²) in [6.45, 7) is 3.88. The highest BCUT2D eigenvalue weighted by Crippen LogP contribution is 2.43. The number of hydrogen-bond acceptors (Lipinski definition) is 6. The van der Waals surface area contributed by atoms with Gasteiger partial charge in [0.2, 0.25) is 0 Å². The van der Waals surface area contributed by atoms with Crippen molar-refractivity contribution in [2.24, 2.45) is 0 Å². The summed E-state index contributed by atoms with van der Waals surface area (Å²) in [5, 5.41) is 6.64. The molecule has 0 aliphatic carbocycles. The highest BCUT2D eigenvalue weighted by Gasteiger charge is 2.32. The third-order valence-corrected chi connectivity index (χ3v) is 5.47. The van der Waals surface area contributed by atoms with Crippen LogP contribution in [0.3, 0.4) is 0 Å². The lowest BCUT2D eigenvalue weighted by atomic mass is 9.99.